The van der Waals surface area contributed by atoms with Crippen LogP contribution in [0.3, 0.4) is 0 Å². The second-order valence-corrected chi connectivity index (χ2v) is 8.49. The van der Waals surface area contributed by atoms with Gasteiger partial charge in [-0.05, 0) is 60.7 Å². The minimum absolute atomic E-state index is 0.248. The number of aromatic hydroxyl groups is 1. The van der Waals surface area contributed by atoms with Crippen LogP contribution >= 0.6 is 15.9 Å². The van der Waals surface area contributed by atoms with Crippen molar-refractivity contribution in [3.63, 3.8) is 0 Å². The van der Waals surface area contributed by atoms with Crippen LogP contribution in [0.4, 0.5) is 0 Å². The zero-order valence-electron chi connectivity index (χ0n) is 17.8. The summed E-state index contributed by atoms with van der Waals surface area (Å²) in [6, 6.07) is 15.0. The zero-order valence-corrected chi connectivity index (χ0v) is 19.3. The third kappa shape index (κ3) is 6.86. The molecule has 0 radical (unpaired) electrons. The summed E-state index contributed by atoms with van der Waals surface area (Å²) in [4.78, 5) is 0. The number of para-hydroxylation sites is 1. The fourth-order valence-corrected chi connectivity index (χ4v) is 3.95. The molecular formula is C25H28BBrO4. The normalized spacial score (nSPS) is 16.7. The first-order chi connectivity index (χ1) is 15.0. The van der Waals surface area contributed by atoms with Gasteiger partial charge in [0.05, 0.1) is 6.10 Å². The minimum atomic E-state index is -0.806. The molecule has 0 bridgehead atoms. The molecule has 2 aromatic rings. The SMILES string of the molecule is C=C(COc1ccccc1)C1=CCB(O)OC1CC/C(=C/c1cc(Br)ccc1O)CC. The summed E-state index contributed by atoms with van der Waals surface area (Å²) < 4.78 is 12.6. The average molecular weight is 483 g/mol. The lowest BCUT2D eigenvalue weighted by Crippen LogP contribution is -2.32. The highest BCUT2D eigenvalue weighted by Gasteiger charge is 2.28. The predicted octanol–water partition coefficient (Wildman–Crippen LogP) is 6.17. The van der Waals surface area contributed by atoms with Gasteiger partial charge in [0.25, 0.3) is 0 Å². The van der Waals surface area contributed by atoms with E-state index in [9.17, 15) is 10.1 Å². The molecule has 0 aromatic heterocycles. The number of hydrogen-bond acceptors (Lipinski definition) is 4. The molecule has 0 amide bonds. The summed E-state index contributed by atoms with van der Waals surface area (Å²) in [7, 11) is -0.806. The highest BCUT2D eigenvalue weighted by Crippen LogP contribution is 2.30. The maximum absolute atomic E-state index is 10.1. The first kappa shape index (κ1) is 23.4. The Morgan fingerprint density at radius 2 is 2.06 bits per heavy atom. The monoisotopic (exact) mass is 482 g/mol. The van der Waals surface area contributed by atoms with Crippen molar-refractivity contribution in [2.75, 3.05) is 6.61 Å². The van der Waals surface area contributed by atoms with Gasteiger partial charge < -0.3 is 19.5 Å². The molecule has 0 saturated heterocycles. The van der Waals surface area contributed by atoms with Gasteiger partial charge in [-0.3, -0.25) is 0 Å². The van der Waals surface area contributed by atoms with E-state index in [1.807, 2.05) is 54.6 Å². The lowest BCUT2D eigenvalue weighted by atomic mass is 9.78. The molecule has 1 unspecified atom stereocenters. The molecule has 1 aliphatic rings. The first-order valence-corrected chi connectivity index (χ1v) is 11.3. The van der Waals surface area contributed by atoms with E-state index < -0.39 is 7.12 Å². The Hall–Kier alpha value is -2.28. The molecule has 2 aromatic carbocycles. The maximum Gasteiger partial charge on any atom is 0.458 e. The van der Waals surface area contributed by atoms with Gasteiger partial charge in [0.1, 0.15) is 18.1 Å². The van der Waals surface area contributed by atoms with Crippen molar-refractivity contribution in [1.29, 1.82) is 0 Å². The van der Waals surface area contributed by atoms with E-state index in [1.165, 1.54) is 5.57 Å². The van der Waals surface area contributed by atoms with Gasteiger partial charge in [0, 0.05) is 16.4 Å². The van der Waals surface area contributed by atoms with Crippen LogP contribution < -0.4 is 4.74 Å². The number of phenolic OH excluding ortho intramolecular Hbond substituents is 1. The molecule has 1 aliphatic heterocycles. The van der Waals surface area contributed by atoms with Crippen LogP contribution in [0.2, 0.25) is 6.32 Å². The second kappa shape index (κ2) is 11.4. The lowest BCUT2D eigenvalue weighted by molar-refractivity contribution is 0.181. The topological polar surface area (TPSA) is 58.9 Å². The standard InChI is InChI=1S/C25H28BBrO4/c1-3-19(15-20-16-21(27)10-11-24(20)28)9-12-25-23(13-14-26(29)31-25)18(2)17-30-22-7-5-4-6-8-22/h4-8,10-11,13,15-16,25,28-29H,2-3,9,12,14,17H2,1H3/b19-15+. The van der Waals surface area contributed by atoms with Crippen LogP contribution in [0.25, 0.3) is 6.08 Å². The van der Waals surface area contributed by atoms with E-state index in [4.69, 9.17) is 9.39 Å². The molecule has 31 heavy (non-hydrogen) atoms. The summed E-state index contributed by atoms with van der Waals surface area (Å²) in [5.74, 6) is 1.05. The molecule has 1 heterocycles. The highest BCUT2D eigenvalue weighted by molar-refractivity contribution is 9.10. The van der Waals surface area contributed by atoms with Crippen LogP contribution in [0, 0.1) is 0 Å². The minimum Gasteiger partial charge on any atom is -0.507 e. The Kier molecular flexibility index (Phi) is 8.58. The van der Waals surface area contributed by atoms with Gasteiger partial charge in [0.15, 0.2) is 0 Å². The largest absolute Gasteiger partial charge is 0.507 e. The summed E-state index contributed by atoms with van der Waals surface area (Å²) in [6.45, 7) is 6.66. The lowest BCUT2D eigenvalue weighted by Gasteiger charge is -2.28. The van der Waals surface area contributed by atoms with Crippen molar-refractivity contribution in [1.82, 2.24) is 0 Å². The zero-order chi connectivity index (χ0) is 22.2. The van der Waals surface area contributed by atoms with Crippen LogP contribution in [0.1, 0.15) is 31.7 Å². The third-order valence-electron chi connectivity index (χ3n) is 5.30. The molecule has 0 aliphatic carbocycles. The first-order valence-electron chi connectivity index (χ1n) is 10.5. The Balaban J connectivity index is 1.66. The fraction of sp³-hybridized carbons (Fsp3) is 0.280. The molecule has 1 atom stereocenters. The van der Waals surface area contributed by atoms with Crippen LogP contribution in [-0.4, -0.2) is 30.0 Å². The van der Waals surface area contributed by atoms with E-state index in [0.29, 0.717) is 19.3 Å². The van der Waals surface area contributed by atoms with Crippen LogP contribution in [-0.2, 0) is 4.65 Å². The van der Waals surface area contributed by atoms with Crippen LogP contribution in [0.15, 0.2) is 82.4 Å². The van der Waals surface area contributed by atoms with Crippen molar-refractivity contribution in [2.45, 2.75) is 38.6 Å². The molecule has 2 N–H and O–H groups in total. The Bertz CT molecular complexity index is 955. The van der Waals surface area contributed by atoms with Gasteiger partial charge in [-0.15, -0.1) is 0 Å². The highest BCUT2D eigenvalue weighted by atomic mass is 79.9. The molecule has 3 rings (SSSR count). The van der Waals surface area contributed by atoms with Gasteiger partial charge >= 0.3 is 7.12 Å². The van der Waals surface area contributed by atoms with Gasteiger partial charge in [-0.1, -0.05) is 65.4 Å². The molecule has 0 spiro atoms. The average Bonchev–Trinajstić information content (AvgIpc) is 2.78. The van der Waals surface area contributed by atoms with Crippen molar-refractivity contribution in [2.24, 2.45) is 0 Å². The Morgan fingerprint density at radius 1 is 1.29 bits per heavy atom. The smallest absolute Gasteiger partial charge is 0.458 e. The van der Waals surface area contributed by atoms with Gasteiger partial charge in [0.2, 0.25) is 0 Å². The Morgan fingerprint density at radius 3 is 2.81 bits per heavy atom. The summed E-state index contributed by atoms with van der Waals surface area (Å²) in [5.41, 5.74) is 3.82. The van der Waals surface area contributed by atoms with Crippen LogP contribution in [0.5, 0.6) is 11.5 Å². The van der Waals surface area contributed by atoms with Crippen molar-refractivity contribution >= 4 is 29.1 Å². The third-order valence-corrected chi connectivity index (χ3v) is 5.80. The van der Waals surface area contributed by atoms with Crippen molar-refractivity contribution in [3.05, 3.63) is 87.9 Å². The van der Waals surface area contributed by atoms with E-state index in [2.05, 4.69) is 29.4 Å². The number of hydrogen-bond donors (Lipinski definition) is 2. The number of phenols is 1. The number of benzene rings is 2. The maximum atomic E-state index is 10.1. The number of ether oxygens (including phenoxy) is 1. The van der Waals surface area contributed by atoms with Crippen molar-refractivity contribution in [3.8, 4) is 11.5 Å². The molecule has 0 saturated carbocycles. The van der Waals surface area contributed by atoms with E-state index in [-0.39, 0.29) is 11.9 Å². The van der Waals surface area contributed by atoms with E-state index in [0.717, 1.165) is 39.8 Å². The van der Waals surface area contributed by atoms with E-state index >= 15 is 0 Å². The number of halogens is 1. The predicted molar refractivity (Wildman–Crippen MR) is 130 cm³/mol. The van der Waals surface area contributed by atoms with Gasteiger partial charge in [-0.2, -0.15) is 0 Å². The molecular weight excluding hydrogens is 455 g/mol. The Labute approximate surface area is 193 Å². The number of allylic oxidation sites excluding steroid dienone is 2. The molecule has 6 heteroatoms. The fourth-order valence-electron chi connectivity index (χ4n) is 3.57. The summed E-state index contributed by atoms with van der Waals surface area (Å²) in [6.07, 6.45) is 6.57. The number of rotatable bonds is 9. The molecule has 162 valence electrons. The molecule has 4 nitrogen and oxygen atoms in total. The molecule has 0 fully saturated rings. The van der Waals surface area contributed by atoms with Crippen molar-refractivity contribution < 1.29 is 19.5 Å². The van der Waals surface area contributed by atoms with E-state index in [1.54, 1.807) is 6.07 Å². The summed E-state index contributed by atoms with van der Waals surface area (Å²) in [5, 5.41) is 20.2. The second-order valence-electron chi connectivity index (χ2n) is 7.58. The van der Waals surface area contributed by atoms with Gasteiger partial charge in [-0.25, -0.2) is 0 Å². The quantitative estimate of drug-likeness (QED) is 0.419. The summed E-state index contributed by atoms with van der Waals surface area (Å²) >= 11 is 3.45.